The van der Waals surface area contributed by atoms with Crippen molar-refractivity contribution in [2.24, 2.45) is 0 Å². The second-order valence-corrected chi connectivity index (χ2v) is 0.247. The van der Waals surface area contributed by atoms with Crippen LogP contribution in [0.5, 0.6) is 0 Å². The summed E-state index contributed by atoms with van der Waals surface area (Å²) in [6.07, 6.45) is 0.181. The SMILES string of the molecule is Cl.O=CNO.[NaH]. The van der Waals surface area contributed by atoms with Gasteiger partial charge in [-0.25, -0.2) is 5.48 Å². The fraction of sp³-hybridized carbons (Fsp3) is 0. The molecule has 0 atom stereocenters. The van der Waals surface area contributed by atoms with E-state index in [0.29, 0.717) is 0 Å². The van der Waals surface area contributed by atoms with E-state index in [1.54, 1.807) is 0 Å². The van der Waals surface area contributed by atoms with Crippen LogP contribution >= 0.6 is 12.4 Å². The van der Waals surface area contributed by atoms with Gasteiger partial charge in [0.05, 0.1) is 0 Å². The molecular weight excluding hydrogens is 116 g/mol. The van der Waals surface area contributed by atoms with Crippen LogP contribution in [0.4, 0.5) is 0 Å². The van der Waals surface area contributed by atoms with Crippen LogP contribution in [0.25, 0.3) is 0 Å². The maximum atomic E-state index is 8.81. The van der Waals surface area contributed by atoms with E-state index in [4.69, 9.17) is 10.0 Å². The molecule has 0 aromatic carbocycles. The van der Waals surface area contributed by atoms with Gasteiger partial charge in [0.1, 0.15) is 0 Å². The van der Waals surface area contributed by atoms with Gasteiger partial charge < -0.3 is 0 Å². The van der Waals surface area contributed by atoms with Crippen LogP contribution < -0.4 is 5.48 Å². The van der Waals surface area contributed by atoms with E-state index in [-0.39, 0.29) is 48.4 Å². The molecule has 5 heteroatoms. The molecule has 0 fully saturated rings. The predicted octanol–water partition coefficient (Wildman–Crippen LogP) is -1.11. The summed E-state index contributed by atoms with van der Waals surface area (Å²) in [5.41, 5.74) is 1.25. The first-order chi connectivity index (χ1) is 1.91. The molecule has 2 N–H and O–H groups in total. The van der Waals surface area contributed by atoms with Crippen LogP contribution in [-0.2, 0) is 4.79 Å². The molecule has 3 nitrogen and oxygen atoms in total. The molecule has 0 heterocycles. The van der Waals surface area contributed by atoms with E-state index in [1.807, 2.05) is 0 Å². The standard InChI is InChI=1S/CH3NO2.ClH.Na.H/c3-1-2-4;;;/h1,4H,(H,2,3);1H;;. The summed E-state index contributed by atoms with van der Waals surface area (Å²) in [6, 6.07) is 0. The van der Waals surface area contributed by atoms with E-state index in [0.717, 1.165) is 0 Å². The Bertz CT molecular complexity index is 27.5. The number of nitrogens with one attached hydrogen (secondary N) is 1. The number of carbonyl (C=O) groups excluding carboxylic acids is 1. The van der Waals surface area contributed by atoms with Crippen LogP contribution in [0.15, 0.2) is 0 Å². The Labute approximate surface area is 63.8 Å². The van der Waals surface area contributed by atoms with Gasteiger partial charge in [0.2, 0.25) is 6.41 Å². The second kappa shape index (κ2) is 17.2. The average molecular weight is 121 g/mol. The number of amides is 1. The predicted molar refractivity (Wildman–Crippen MR) is 25.4 cm³/mol. The molecule has 0 aromatic rings. The average Bonchev–Trinajstić information content (AvgIpc) is 1.37. The maximum absolute atomic E-state index is 8.81. The first kappa shape index (κ1) is 15.9. The molecule has 6 heavy (non-hydrogen) atoms. The molecule has 0 saturated carbocycles. The van der Waals surface area contributed by atoms with Crippen LogP contribution in [0.3, 0.4) is 0 Å². The number of halogens is 1. The van der Waals surface area contributed by atoms with Gasteiger partial charge in [-0.1, -0.05) is 0 Å². The van der Waals surface area contributed by atoms with Gasteiger partial charge in [-0.05, 0) is 0 Å². The fourth-order valence-electron chi connectivity index (χ4n) is 0. The van der Waals surface area contributed by atoms with Gasteiger partial charge in [0.25, 0.3) is 0 Å². The number of carbonyl (C=O) groups is 1. The van der Waals surface area contributed by atoms with E-state index in [1.165, 1.54) is 5.48 Å². The van der Waals surface area contributed by atoms with Gasteiger partial charge in [-0.15, -0.1) is 12.4 Å². The third-order valence-electron chi connectivity index (χ3n) is 0.0527. The normalized spacial score (nSPS) is 3.50. The quantitative estimate of drug-likeness (QED) is 0.200. The van der Waals surface area contributed by atoms with Crippen LogP contribution in [-0.4, -0.2) is 41.2 Å². The molecule has 0 bridgehead atoms. The summed E-state index contributed by atoms with van der Waals surface area (Å²) in [6.45, 7) is 0. The van der Waals surface area contributed by atoms with Crippen molar-refractivity contribution in [3.63, 3.8) is 0 Å². The summed E-state index contributed by atoms with van der Waals surface area (Å²) in [5, 5.41) is 7.26. The Morgan fingerprint density at radius 1 is 1.67 bits per heavy atom. The second-order valence-electron chi connectivity index (χ2n) is 0.247. The zero-order chi connectivity index (χ0) is 3.41. The van der Waals surface area contributed by atoms with Crippen molar-refractivity contribution >= 4 is 48.4 Å². The molecule has 1 amide bonds. The van der Waals surface area contributed by atoms with Gasteiger partial charge in [-0.3, -0.25) is 10.0 Å². The Balaban J connectivity index is -0.0000000450. The van der Waals surface area contributed by atoms with Crippen LogP contribution in [0.2, 0.25) is 0 Å². The summed E-state index contributed by atoms with van der Waals surface area (Å²) < 4.78 is 0. The van der Waals surface area contributed by atoms with Gasteiger partial charge >= 0.3 is 29.6 Å². The number of hydrogen-bond acceptors (Lipinski definition) is 2. The van der Waals surface area contributed by atoms with Crippen LogP contribution in [0, 0.1) is 0 Å². The van der Waals surface area contributed by atoms with E-state index in [2.05, 4.69) is 0 Å². The number of hydroxylamine groups is 1. The molecule has 0 aromatic heterocycles. The molecule has 0 unspecified atom stereocenters. The summed E-state index contributed by atoms with van der Waals surface area (Å²) in [7, 11) is 0. The summed E-state index contributed by atoms with van der Waals surface area (Å²) in [4.78, 5) is 8.81. The molecule has 0 spiro atoms. The van der Waals surface area contributed by atoms with Gasteiger partial charge in [-0.2, -0.15) is 0 Å². The van der Waals surface area contributed by atoms with Crippen molar-refractivity contribution in [1.82, 2.24) is 5.48 Å². The fourth-order valence-corrected chi connectivity index (χ4v) is 0. The molecular formula is CH5ClNNaO2. The Hall–Kier alpha value is 0.720. The topological polar surface area (TPSA) is 49.3 Å². The van der Waals surface area contributed by atoms with Gasteiger partial charge in [0, 0.05) is 0 Å². The van der Waals surface area contributed by atoms with Crippen LogP contribution in [0.1, 0.15) is 0 Å². The first-order valence-electron chi connectivity index (χ1n) is 0.748. The van der Waals surface area contributed by atoms with Crippen molar-refractivity contribution in [3.05, 3.63) is 0 Å². The number of hydrogen-bond donors (Lipinski definition) is 2. The third kappa shape index (κ3) is 22.1. The van der Waals surface area contributed by atoms with E-state index in [9.17, 15) is 0 Å². The molecule has 0 rings (SSSR count). The zero-order valence-electron chi connectivity index (χ0n) is 2.34. The van der Waals surface area contributed by atoms with Crippen molar-refractivity contribution in [2.75, 3.05) is 0 Å². The Kier molecular flexibility index (Phi) is 45.6. The van der Waals surface area contributed by atoms with Crippen molar-refractivity contribution in [3.8, 4) is 0 Å². The first-order valence-corrected chi connectivity index (χ1v) is 0.748. The summed E-state index contributed by atoms with van der Waals surface area (Å²) in [5.74, 6) is 0. The monoisotopic (exact) mass is 121 g/mol. The van der Waals surface area contributed by atoms with Gasteiger partial charge in [0.15, 0.2) is 0 Å². The molecule has 34 valence electrons. The Morgan fingerprint density at radius 3 is 1.83 bits per heavy atom. The minimum atomic E-state index is 0. The zero-order valence-corrected chi connectivity index (χ0v) is 3.16. The molecule has 0 aliphatic rings. The third-order valence-corrected chi connectivity index (χ3v) is 0.0527. The molecule has 0 radical (unpaired) electrons. The molecule has 0 saturated heterocycles. The molecule has 0 aliphatic carbocycles. The van der Waals surface area contributed by atoms with Crippen molar-refractivity contribution in [1.29, 1.82) is 0 Å². The van der Waals surface area contributed by atoms with E-state index >= 15 is 0 Å². The Morgan fingerprint density at radius 2 is 1.83 bits per heavy atom. The van der Waals surface area contributed by atoms with E-state index < -0.39 is 0 Å². The molecule has 0 aliphatic heterocycles. The number of rotatable bonds is 1. The summed E-state index contributed by atoms with van der Waals surface area (Å²) >= 11 is 0. The minimum absolute atomic E-state index is 0. The van der Waals surface area contributed by atoms with Crippen molar-refractivity contribution in [2.45, 2.75) is 0 Å². The van der Waals surface area contributed by atoms with Crippen molar-refractivity contribution < 1.29 is 10.0 Å².